The lowest BCUT2D eigenvalue weighted by atomic mass is 10.0. The van der Waals surface area contributed by atoms with Crippen molar-refractivity contribution >= 4 is 17.3 Å². The summed E-state index contributed by atoms with van der Waals surface area (Å²) in [6, 6.07) is 0.317. The van der Waals surface area contributed by atoms with Crippen molar-refractivity contribution in [3.63, 3.8) is 0 Å². The van der Waals surface area contributed by atoms with E-state index in [0.29, 0.717) is 10.9 Å². The van der Waals surface area contributed by atoms with Gasteiger partial charge in [-0.05, 0) is 26.4 Å². The van der Waals surface area contributed by atoms with Crippen molar-refractivity contribution in [2.45, 2.75) is 25.3 Å². The van der Waals surface area contributed by atoms with Gasteiger partial charge in [0, 0.05) is 0 Å². The third-order valence-corrected chi connectivity index (χ3v) is 3.88. The molecule has 0 spiro atoms. The predicted octanol–water partition coefficient (Wildman–Crippen LogP) is 2.00. The van der Waals surface area contributed by atoms with Crippen LogP contribution in [0.3, 0.4) is 0 Å². The maximum absolute atomic E-state index is 10.7. The molecule has 1 aliphatic rings. The van der Waals surface area contributed by atoms with Crippen LogP contribution in [0.1, 0.15) is 40.0 Å². The zero-order valence-electron chi connectivity index (χ0n) is 8.64. The summed E-state index contributed by atoms with van der Waals surface area (Å²) in [5.41, 5.74) is 0. The summed E-state index contributed by atoms with van der Waals surface area (Å²) in [7, 11) is 2.08. The summed E-state index contributed by atoms with van der Waals surface area (Å²) in [4.78, 5) is 17.5. The first-order valence-corrected chi connectivity index (χ1v) is 5.89. The lowest BCUT2D eigenvalue weighted by Gasteiger charge is -2.30. The van der Waals surface area contributed by atoms with Gasteiger partial charge in [0.05, 0.1) is 12.2 Å². The fourth-order valence-corrected chi connectivity index (χ4v) is 2.88. The van der Waals surface area contributed by atoms with E-state index in [1.165, 1.54) is 30.4 Å². The van der Waals surface area contributed by atoms with E-state index in [1.54, 1.807) is 0 Å². The molecular weight excluding hydrogens is 212 g/mol. The third kappa shape index (κ3) is 2.18. The zero-order valence-corrected chi connectivity index (χ0v) is 9.46. The van der Waals surface area contributed by atoms with Gasteiger partial charge in [0.2, 0.25) is 0 Å². The Labute approximate surface area is 92.6 Å². The summed E-state index contributed by atoms with van der Waals surface area (Å²) >= 11 is 1.30. The second-order valence-electron chi connectivity index (χ2n) is 3.86. The van der Waals surface area contributed by atoms with Crippen molar-refractivity contribution in [1.29, 1.82) is 0 Å². The maximum Gasteiger partial charge on any atom is 0.347 e. The van der Waals surface area contributed by atoms with Crippen LogP contribution in [-0.4, -0.2) is 34.6 Å². The molecule has 1 saturated heterocycles. The number of piperidine rings is 1. The van der Waals surface area contributed by atoms with Crippen LogP contribution >= 0.6 is 11.3 Å². The molecule has 0 aromatic carbocycles. The molecular formula is C10H14N2O2S. The molecule has 2 heterocycles. The number of aromatic carboxylic acids is 1. The molecule has 0 aliphatic carbocycles. The van der Waals surface area contributed by atoms with Crippen LogP contribution in [0.4, 0.5) is 0 Å². The molecule has 1 N–H and O–H groups in total. The Balaban J connectivity index is 2.17. The highest BCUT2D eigenvalue weighted by atomic mass is 32.1. The number of likely N-dealkylation sites (tertiary alicyclic amines) is 1. The molecule has 1 unspecified atom stereocenters. The quantitative estimate of drug-likeness (QED) is 0.838. The minimum absolute atomic E-state index is 0.317. The van der Waals surface area contributed by atoms with Crippen molar-refractivity contribution in [1.82, 2.24) is 9.88 Å². The molecule has 1 aromatic rings. The van der Waals surface area contributed by atoms with Crippen LogP contribution in [0.15, 0.2) is 6.20 Å². The van der Waals surface area contributed by atoms with Gasteiger partial charge >= 0.3 is 5.97 Å². The number of thiazole rings is 1. The Kier molecular flexibility index (Phi) is 3.02. The van der Waals surface area contributed by atoms with Crippen molar-refractivity contribution < 1.29 is 9.90 Å². The largest absolute Gasteiger partial charge is 0.477 e. The van der Waals surface area contributed by atoms with E-state index in [1.807, 2.05) is 0 Å². The zero-order chi connectivity index (χ0) is 10.8. The molecule has 1 aliphatic heterocycles. The lowest BCUT2D eigenvalue weighted by molar-refractivity contribution is 0.0702. The first-order chi connectivity index (χ1) is 7.18. The van der Waals surface area contributed by atoms with Gasteiger partial charge in [-0.25, -0.2) is 9.78 Å². The van der Waals surface area contributed by atoms with Crippen molar-refractivity contribution in [2.24, 2.45) is 0 Å². The molecule has 5 heteroatoms. The van der Waals surface area contributed by atoms with Crippen molar-refractivity contribution in [3.05, 3.63) is 16.1 Å². The first kappa shape index (κ1) is 10.6. The fraction of sp³-hybridized carbons (Fsp3) is 0.600. The summed E-state index contributed by atoms with van der Waals surface area (Å²) < 4.78 is 0. The highest BCUT2D eigenvalue weighted by Gasteiger charge is 2.24. The molecule has 2 rings (SSSR count). The number of carbonyl (C=O) groups is 1. The lowest BCUT2D eigenvalue weighted by Crippen LogP contribution is -2.29. The Morgan fingerprint density at radius 1 is 1.67 bits per heavy atom. The SMILES string of the molecule is CN1CCCCC1c1ncc(C(=O)O)s1. The van der Waals surface area contributed by atoms with Crippen molar-refractivity contribution in [3.8, 4) is 0 Å². The van der Waals surface area contributed by atoms with Gasteiger partial charge in [-0.3, -0.25) is 4.90 Å². The molecule has 15 heavy (non-hydrogen) atoms. The first-order valence-electron chi connectivity index (χ1n) is 5.08. The van der Waals surface area contributed by atoms with Crippen LogP contribution in [0.2, 0.25) is 0 Å². The summed E-state index contributed by atoms with van der Waals surface area (Å²) in [5, 5.41) is 9.76. The van der Waals surface area contributed by atoms with E-state index in [0.717, 1.165) is 18.0 Å². The number of carboxylic acids is 1. The summed E-state index contributed by atoms with van der Waals surface area (Å²) in [5.74, 6) is -0.878. The molecule has 1 atom stereocenters. The van der Waals surface area contributed by atoms with Gasteiger partial charge in [-0.15, -0.1) is 11.3 Å². The van der Waals surface area contributed by atoms with Crippen LogP contribution in [-0.2, 0) is 0 Å². The third-order valence-electron chi connectivity index (χ3n) is 2.79. The molecule has 1 aromatic heterocycles. The number of rotatable bonds is 2. The second-order valence-corrected chi connectivity index (χ2v) is 4.92. The van der Waals surface area contributed by atoms with E-state index in [2.05, 4.69) is 16.9 Å². The summed E-state index contributed by atoms with van der Waals surface area (Å²) in [6.45, 7) is 1.08. The van der Waals surface area contributed by atoms with Gasteiger partial charge < -0.3 is 5.11 Å². The fourth-order valence-electron chi connectivity index (χ4n) is 1.93. The molecule has 1 fully saturated rings. The number of hydrogen-bond acceptors (Lipinski definition) is 4. The van der Waals surface area contributed by atoms with E-state index >= 15 is 0 Å². The molecule has 82 valence electrons. The van der Waals surface area contributed by atoms with Crippen LogP contribution in [0.5, 0.6) is 0 Å². The van der Waals surface area contributed by atoms with E-state index < -0.39 is 5.97 Å². The van der Waals surface area contributed by atoms with E-state index in [9.17, 15) is 4.79 Å². The normalized spacial score (nSPS) is 22.9. The van der Waals surface area contributed by atoms with Gasteiger partial charge in [0.15, 0.2) is 0 Å². The smallest absolute Gasteiger partial charge is 0.347 e. The highest BCUT2D eigenvalue weighted by molar-refractivity contribution is 7.13. The minimum Gasteiger partial charge on any atom is -0.477 e. The Morgan fingerprint density at radius 2 is 2.47 bits per heavy atom. The monoisotopic (exact) mass is 226 g/mol. The Hall–Kier alpha value is -0.940. The minimum atomic E-state index is -0.878. The standard InChI is InChI=1S/C10H14N2O2S/c1-12-5-3-2-4-7(12)9-11-6-8(15-9)10(13)14/h6-7H,2-5H2,1H3,(H,13,14). The van der Waals surface area contributed by atoms with E-state index in [-0.39, 0.29) is 0 Å². The maximum atomic E-state index is 10.7. The average Bonchev–Trinajstić information content (AvgIpc) is 2.67. The molecule has 0 saturated carbocycles. The van der Waals surface area contributed by atoms with Gasteiger partial charge in [-0.1, -0.05) is 6.42 Å². The molecule has 0 radical (unpaired) electrons. The number of nitrogens with zero attached hydrogens (tertiary/aromatic N) is 2. The number of hydrogen-bond donors (Lipinski definition) is 1. The Bertz CT molecular complexity index is 364. The predicted molar refractivity (Wildman–Crippen MR) is 58.3 cm³/mol. The van der Waals surface area contributed by atoms with Crippen molar-refractivity contribution in [2.75, 3.05) is 13.6 Å². The Morgan fingerprint density at radius 3 is 3.07 bits per heavy atom. The second kappa shape index (κ2) is 4.28. The van der Waals surface area contributed by atoms with Crippen LogP contribution < -0.4 is 0 Å². The average molecular weight is 226 g/mol. The van der Waals surface area contributed by atoms with E-state index in [4.69, 9.17) is 5.11 Å². The number of aromatic nitrogens is 1. The van der Waals surface area contributed by atoms with Gasteiger partial charge in [0.1, 0.15) is 9.88 Å². The summed E-state index contributed by atoms with van der Waals surface area (Å²) in [6.07, 6.45) is 4.98. The molecule has 0 bridgehead atoms. The number of carboxylic acid groups (broad SMARTS) is 1. The topological polar surface area (TPSA) is 53.4 Å². The van der Waals surface area contributed by atoms with Gasteiger partial charge in [-0.2, -0.15) is 0 Å². The van der Waals surface area contributed by atoms with Crippen LogP contribution in [0.25, 0.3) is 0 Å². The highest BCUT2D eigenvalue weighted by Crippen LogP contribution is 2.31. The molecule has 4 nitrogen and oxygen atoms in total. The molecule has 0 amide bonds. The van der Waals surface area contributed by atoms with Crippen LogP contribution in [0, 0.1) is 0 Å². The van der Waals surface area contributed by atoms with Gasteiger partial charge in [0.25, 0.3) is 0 Å².